The molecule has 0 spiro atoms. The van der Waals surface area contributed by atoms with E-state index in [1.807, 2.05) is 0 Å². The minimum Gasteiger partial charge on any atom is -0.487 e. The normalized spacial score (nSPS) is 29.6. The highest BCUT2D eigenvalue weighted by molar-refractivity contribution is 5.70. The van der Waals surface area contributed by atoms with Gasteiger partial charge in [0.25, 0.3) is 0 Å². The van der Waals surface area contributed by atoms with Gasteiger partial charge in [0.2, 0.25) is 0 Å². The SMILES string of the molecule is CCCCOCCOC1c2cc(C(C)C)c(OC(C)=O)cc2C2(C)CCCC(C)(C)C2C1Oc1cc2c(cc1C(C)C)C=CC1C(C)(C)CCCC21C. The molecular formula is C48H70O5. The minimum atomic E-state index is -0.313. The van der Waals surface area contributed by atoms with Crippen molar-refractivity contribution in [1.29, 1.82) is 0 Å². The third-order valence-corrected chi connectivity index (χ3v) is 14.0. The molecule has 0 N–H and O–H groups in total. The van der Waals surface area contributed by atoms with Crippen LogP contribution in [0.4, 0.5) is 0 Å². The van der Waals surface area contributed by atoms with Crippen LogP contribution in [0.25, 0.3) is 6.08 Å². The van der Waals surface area contributed by atoms with Gasteiger partial charge in [0.05, 0.1) is 13.2 Å². The molecule has 0 amide bonds. The first-order chi connectivity index (χ1) is 24.9. The quantitative estimate of drug-likeness (QED) is 0.124. The molecule has 292 valence electrons. The van der Waals surface area contributed by atoms with Crippen LogP contribution in [0.1, 0.15) is 186 Å². The Balaban J connectivity index is 1.53. The summed E-state index contributed by atoms with van der Waals surface area (Å²) in [6.45, 7) is 29.2. The molecule has 4 aliphatic rings. The second kappa shape index (κ2) is 15.1. The molecule has 2 aromatic rings. The lowest BCUT2D eigenvalue weighted by Crippen LogP contribution is -2.58. The van der Waals surface area contributed by atoms with Crippen LogP contribution in [-0.4, -0.2) is 31.9 Å². The molecule has 5 heteroatoms. The summed E-state index contributed by atoms with van der Waals surface area (Å²) in [7, 11) is 0. The van der Waals surface area contributed by atoms with Gasteiger partial charge in [-0.15, -0.1) is 0 Å². The Morgan fingerprint density at radius 2 is 1.42 bits per heavy atom. The van der Waals surface area contributed by atoms with Crippen LogP contribution in [-0.2, 0) is 25.1 Å². The fourth-order valence-corrected chi connectivity index (χ4v) is 11.5. The average Bonchev–Trinajstić information content (AvgIpc) is 3.06. The van der Waals surface area contributed by atoms with Gasteiger partial charge >= 0.3 is 5.97 Å². The smallest absolute Gasteiger partial charge is 0.308 e. The fourth-order valence-electron chi connectivity index (χ4n) is 11.5. The Morgan fingerprint density at radius 3 is 2.08 bits per heavy atom. The van der Waals surface area contributed by atoms with Crippen molar-refractivity contribution in [3.8, 4) is 11.5 Å². The van der Waals surface area contributed by atoms with E-state index >= 15 is 0 Å². The number of benzene rings is 2. The number of unbranched alkanes of at least 4 members (excludes halogenated alkanes) is 1. The fraction of sp³-hybridized carbons (Fsp3) is 0.688. The van der Waals surface area contributed by atoms with Crippen molar-refractivity contribution in [2.75, 3.05) is 19.8 Å². The molecular weight excluding hydrogens is 657 g/mol. The van der Waals surface area contributed by atoms with E-state index in [0.717, 1.165) is 50.0 Å². The molecule has 2 saturated carbocycles. The summed E-state index contributed by atoms with van der Waals surface area (Å²) >= 11 is 0. The minimum absolute atomic E-state index is 0.0215. The van der Waals surface area contributed by atoms with E-state index in [-0.39, 0.29) is 51.7 Å². The van der Waals surface area contributed by atoms with Gasteiger partial charge in [0.15, 0.2) is 0 Å². The van der Waals surface area contributed by atoms with E-state index < -0.39 is 0 Å². The summed E-state index contributed by atoms with van der Waals surface area (Å²) in [6.07, 6.45) is 13.5. The topological polar surface area (TPSA) is 54.0 Å². The molecule has 5 nitrogen and oxygen atoms in total. The molecule has 0 aromatic heterocycles. The first-order valence-corrected chi connectivity index (χ1v) is 21.0. The van der Waals surface area contributed by atoms with Gasteiger partial charge in [-0.3, -0.25) is 4.79 Å². The predicted octanol–water partition coefficient (Wildman–Crippen LogP) is 12.4. The Bertz CT molecular complexity index is 1680. The molecule has 0 bridgehead atoms. The summed E-state index contributed by atoms with van der Waals surface area (Å²) in [5.74, 6) is 2.51. The number of allylic oxidation sites excluding steroid dienone is 1. The van der Waals surface area contributed by atoms with Crippen molar-refractivity contribution >= 4 is 12.0 Å². The second-order valence-corrected chi connectivity index (χ2v) is 19.5. The Hall–Kier alpha value is -2.63. The van der Waals surface area contributed by atoms with Crippen LogP contribution in [0.15, 0.2) is 30.3 Å². The zero-order chi connectivity index (χ0) is 38.5. The maximum atomic E-state index is 12.4. The van der Waals surface area contributed by atoms with E-state index in [0.29, 0.717) is 30.8 Å². The van der Waals surface area contributed by atoms with Crippen LogP contribution >= 0.6 is 0 Å². The first-order valence-electron chi connectivity index (χ1n) is 21.0. The van der Waals surface area contributed by atoms with E-state index in [1.165, 1.54) is 54.0 Å². The summed E-state index contributed by atoms with van der Waals surface area (Å²) in [6, 6.07) is 9.38. The maximum Gasteiger partial charge on any atom is 0.308 e. The van der Waals surface area contributed by atoms with Crippen molar-refractivity contribution in [3.05, 3.63) is 63.7 Å². The Morgan fingerprint density at radius 1 is 0.774 bits per heavy atom. The molecule has 4 aliphatic carbocycles. The number of hydrogen-bond acceptors (Lipinski definition) is 5. The Kier molecular flexibility index (Phi) is 11.4. The lowest BCUT2D eigenvalue weighted by molar-refractivity contribution is -0.132. The maximum absolute atomic E-state index is 12.4. The van der Waals surface area contributed by atoms with E-state index in [9.17, 15) is 4.79 Å². The molecule has 2 fully saturated rings. The second-order valence-electron chi connectivity index (χ2n) is 19.5. The van der Waals surface area contributed by atoms with Crippen molar-refractivity contribution in [3.63, 3.8) is 0 Å². The van der Waals surface area contributed by atoms with Crippen LogP contribution in [0.2, 0.25) is 0 Å². The van der Waals surface area contributed by atoms with Gasteiger partial charge in [-0.25, -0.2) is 0 Å². The predicted molar refractivity (Wildman–Crippen MR) is 217 cm³/mol. The monoisotopic (exact) mass is 727 g/mol. The molecule has 6 atom stereocenters. The summed E-state index contributed by atoms with van der Waals surface area (Å²) in [5, 5.41) is 0. The van der Waals surface area contributed by atoms with E-state index in [2.05, 4.69) is 113 Å². The van der Waals surface area contributed by atoms with Gasteiger partial charge in [-0.1, -0.05) is 108 Å². The zero-order valence-corrected chi connectivity index (χ0v) is 35.2. The van der Waals surface area contributed by atoms with E-state index in [1.54, 1.807) is 0 Å². The highest BCUT2D eigenvalue weighted by Crippen LogP contribution is 2.62. The molecule has 0 radical (unpaired) electrons. The molecule has 0 heterocycles. The largest absolute Gasteiger partial charge is 0.487 e. The zero-order valence-electron chi connectivity index (χ0n) is 35.2. The number of rotatable bonds is 12. The molecule has 2 aromatic carbocycles. The third-order valence-electron chi connectivity index (χ3n) is 14.0. The number of fused-ring (bicyclic) bond motifs is 6. The highest BCUT2D eigenvalue weighted by Gasteiger charge is 2.59. The lowest BCUT2D eigenvalue weighted by atomic mass is 9.48. The number of hydrogen-bond donors (Lipinski definition) is 0. The highest BCUT2D eigenvalue weighted by atomic mass is 16.6. The van der Waals surface area contributed by atoms with Gasteiger partial charge < -0.3 is 18.9 Å². The number of carbonyl (C=O) groups excluding carboxylic acids is 1. The molecule has 53 heavy (non-hydrogen) atoms. The van der Waals surface area contributed by atoms with Gasteiger partial charge in [-0.2, -0.15) is 0 Å². The van der Waals surface area contributed by atoms with Crippen LogP contribution in [0, 0.1) is 22.7 Å². The van der Waals surface area contributed by atoms with Gasteiger partial charge in [0.1, 0.15) is 23.7 Å². The number of esters is 1. The van der Waals surface area contributed by atoms with Gasteiger partial charge in [-0.05, 0) is 129 Å². The van der Waals surface area contributed by atoms with Crippen molar-refractivity contribution < 1.29 is 23.7 Å². The number of ether oxygens (including phenoxy) is 4. The molecule has 6 unspecified atom stereocenters. The molecule has 6 rings (SSSR count). The first kappa shape index (κ1) is 40.0. The summed E-state index contributed by atoms with van der Waals surface area (Å²) < 4.78 is 26.9. The molecule has 0 saturated heterocycles. The van der Waals surface area contributed by atoms with Crippen LogP contribution in [0.5, 0.6) is 11.5 Å². The third kappa shape index (κ3) is 7.40. The summed E-state index contributed by atoms with van der Waals surface area (Å²) in [4.78, 5) is 12.4. The number of carbonyl (C=O) groups is 1. The standard InChI is InChI=1S/C48H70O5/c1-13-14-23-50-24-25-51-42-36-27-35(31(4)5)39(52-32(6)49)29-38(36)48(12)22-16-20-46(9,10)44(48)43(42)53-40-28-37-33(26-34(40)30(2)3)17-18-41-45(7,8)19-15-21-47(37,41)11/h17-18,26-31,41-44H,13-16,19-25H2,1-12H3. The van der Waals surface area contributed by atoms with Crippen molar-refractivity contribution in [2.24, 2.45) is 22.7 Å². The van der Waals surface area contributed by atoms with Crippen LogP contribution < -0.4 is 9.47 Å². The Labute approximate surface area is 322 Å². The van der Waals surface area contributed by atoms with Crippen molar-refractivity contribution in [2.45, 2.75) is 169 Å². The van der Waals surface area contributed by atoms with Crippen molar-refractivity contribution in [1.82, 2.24) is 0 Å². The summed E-state index contributed by atoms with van der Waals surface area (Å²) in [5.41, 5.74) is 7.58. The lowest BCUT2D eigenvalue weighted by Gasteiger charge is -2.58. The van der Waals surface area contributed by atoms with Crippen LogP contribution in [0.3, 0.4) is 0 Å². The molecule has 0 aliphatic heterocycles. The van der Waals surface area contributed by atoms with Gasteiger partial charge in [0, 0.05) is 19.4 Å². The van der Waals surface area contributed by atoms with E-state index in [4.69, 9.17) is 18.9 Å². The average molecular weight is 727 g/mol.